The van der Waals surface area contributed by atoms with Crippen LogP contribution in [0.4, 0.5) is 5.13 Å². The average molecular weight is 223 g/mol. The summed E-state index contributed by atoms with van der Waals surface area (Å²) in [4.78, 5) is 7.13. The van der Waals surface area contributed by atoms with Gasteiger partial charge in [0, 0.05) is 31.6 Å². The molecule has 0 unspecified atom stereocenters. The van der Waals surface area contributed by atoms with Crippen LogP contribution in [-0.4, -0.2) is 31.2 Å². The van der Waals surface area contributed by atoms with E-state index in [4.69, 9.17) is 0 Å². The molecule has 2 saturated heterocycles. The van der Waals surface area contributed by atoms with E-state index in [9.17, 15) is 0 Å². The van der Waals surface area contributed by atoms with Crippen LogP contribution in [0.2, 0.25) is 0 Å². The minimum Gasteiger partial charge on any atom is -0.347 e. The fraction of sp³-hybridized carbons (Fsp3) is 0.727. The Morgan fingerprint density at radius 1 is 1.47 bits per heavy atom. The van der Waals surface area contributed by atoms with Gasteiger partial charge in [0.15, 0.2) is 5.13 Å². The third-order valence-electron chi connectivity index (χ3n) is 3.56. The highest BCUT2D eigenvalue weighted by Gasteiger charge is 2.36. The summed E-state index contributed by atoms with van der Waals surface area (Å²) in [6.45, 7) is 6.98. The van der Waals surface area contributed by atoms with Gasteiger partial charge < -0.3 is 10.2 Å². The van der Waals surface area contributed by atoms with E-state index in [0.717, 1.165) is 18.3 Å². The molecule has 82 valence electrons. The molecule has 0 bridgehead atoms. The molecule has 2 atom stereocenters. The van der Waals surface area contributed by atoms with Crippen LogP contribution in [0.25, 0.3) is 0 Å². The van der Waals surface area contributed by atoms with Gasteiger partial charge in [-0.15, -0.1) is 11.3 Å². The van der Waals surface area contributed by atoms with E-state index in [-0.39, 0.29) is 0 Å². The Morgan fingerprint density at radius 2 is 2.20 bits per heavy atom. The summed E-state index contributed by atoms with van der Waals surface area (Å²) >= 11 is 1.80. The van der Waals surface area contributed by atoms with Gasteiger partial charge in [-0.3, -0.25) is 0 Å². The topological polar surface area (TPSA) is 28.2 Å². The summed E-state index contributed by atoms with van der Waals surface area (Å²) in [5.74, 6) is 1.72. The number of hydrogen-bond donors (Lipinski definition) is 1. The zero-order valence-corrected chi connectivity index (χ0v) is 9.89. The summed E-state index contributed by atoms with van der Waals surface area (Å²) in [6, 6.07) is 0. The summed E-state index contributed by atoms with van der Waals surface area (Å²) < 4.78 is 0. The molecule has 0 spiro atoms. The van der Waals surface area contributed by atoms with Crippen molar-refractivity contribution in [2.75, 3.05) is 31.1 Å². The second kappa shape index (κ2) is 3.76. The SMILES string of the molecule is CCc1csc(N2C[C@H]3CNC[C@H]3C2)n1. The summed E-state index contributed by atoms with van der Waals surface area (Å²) in [6.07, 6.45) is 1.05. The summed E-state index contributed by atoms with van der Waals surface area (Å²) in [5, 5.41) is 6.90. The molecular formula is C11H17N3S. The lowest BCUT2D eigenvalue weighted by Gasteiger charge is -2.15. The molecule has 0 radical (unpaired) electrons. The Kier molecular flexibility index (Phi) is 2.41. The highest BCUT2D eigenvalue weighted by Crippen LogP contribution is 2.32. The number of hydrogen-bond acceptors (Lipinski definition) is 4. The molecule has 1 N–H and O–H groups in total. The van der Waals surface area contributed by atoms with Crippen molar-refractivity contribution >= 4 is 16.5 Å². The smallest absolute Gasteiger partial charge is 0.185 e. The molecule has 0 aromatic carbocycles. The maximum atomic E-state index is 4.66. The van der Waals surface area contributed by atoms with E-state index in [2.05, 4.69) is 27.5 Å². The lowest BCUT2D eigenvalue weighted by molar-refractivity contribution is 0.533. The summed E-state index contributed by atoms with van der Waals surface area (Å²) in [5.41, 5.74) is 1.24. The highest BCUT2D eigenvalue weighted by molar-refractivity contribution is 7.13. The van der Waals surface area contributed by atoms with Gasteiger partial charge in [-0.05, 0) is 18.3 Å². The number of rotatable bonds is 2. The minimum absolute atomic E-state index is 0.860. The number of anilines is 1. The van der Waals surface area contributed by atoms with Gasteiger partial charge >= 0.3 is 0 Å². The van der Waals surface area contributed by atoms with Crippen molar-refractivity contribution in [1.29, 1.82) is 0 Å². The fourth-order valence-electron chi connectivity index (χ4n) is 2.62. The van der Waals surface area contributed by atoms with E-state index in [1.807, 2.05) is 0 Å². The molecule has 0 amide bonds. The molecule has 15 heavy (non-hydrogen) atoms. The number of nitrogens with one attached hydrogen (secondary N) is 1. The standard InChI is InChI=1S/C11H17N3S/c1-2-10-7-15-11(13-10)14-5-8-3-12-4-9(8)6-14/h7-9,12H,2-6H2,1H3/t8-,9+. The molecule has 3 nitrogen and oxygen atoms in total. The normalized spacial score (nSPS) is 29.8. The maximum Gasteiger partial charge on any atom is 0.185 e. The highest BCUT2D eigenvalue weighted by atomic mass is 32.1. The molecule has 0 aliphatic carbocycles. The molecule has 2 aliphatic rings. The Bertz CT molecular complexity index is 337. The number of fused-ring (bicyclic) bond motifs is 1. The Labute approximate surface area is 94.5 Å². The molecule has 2 fully saturated rings. The van der Waals surface area contributed by atoms with Gasteiger partial charge in [0.1, 0.15) is 0 Å². The van der Waals surface area contributed by atoms with Crippen LogP contribution < -0.4 is 10.2 Å². The van der Waals surface area contributed by atoms with Gasteiger partial charge in [0.2, 0.25) is 0 Å². The lowest BCUT2D eigenvalue weighted by atomic mass is 10.0. The molecule has 3 heterocycles. The van der Waals surface area contributed by atoms with Crippen molar-refractivity contribution in [2.24, 2.45) is 11.8 Å². The lowest BCUT2D eigenvalue weighted by Crippen LogP contribution is -2.25. The van der Waals surface area contributed by atoms with E-state index in [0.29, 0.717) is 0 Å². The zero-order chi connectivity index (χ0) is 10.3. The summed E-state index contributed by atoms with van der Waals surface area (Å²) in [7, 11) is 0. The Balaban J connectivity index is 1.73. The van der Waals surface area contributed by atoms with Crippen LogP contribution in [-0.2, 0) is 6.42 Å². The largest absolute Gasteiger partial charge is 0.347 e. The molecule has 3 rings (SSSR count). The second-order valence-corrected chi connectivity index (χ2v) is 5.39. The van der Waals surface area contributed by atoms with E-state index >= 15 is 0 Å². The van der Waals surface area contributed by atoms with Gasteiger partial charge in [0.25, 0.3) is 0 Å². The van der Waals surface area contributed by atoms with Crippen LogP contribution in [0, 0.1) is 11.8 Å². The predicted octanol–water partition coefficient (Wildman–Crippen LogP) is 1.36. The first kappa shape index (κ1) is 9.60. The first-order valence-electron chi connectivity index (χ1n) is 5.77. The molecule has 4 heteroatoms. The molecule has 2 aliphatic heterocycles. The van der Waals surface area contributed by atoms with Gasteiger partial charge in [-0.2, -0.15) is 0 Å². The quantitative estimate of drug-likeness (QED) is 0.820. The van der Waals surface area contributed by atoms with Gasteiger partial charge in [-0.1, -0.05) is 6.92 Å². The second-order valence-electron chi connectivity index (χ2n) is 4.56. The van der Waals surface area contributed by atoms with Crippen molar-refractivity contribution in [3.63, 3.8) is 0 Å². The Hall–Kier alpha value is -0.610. The van der Waals surface area contributed by atoms with Crippen molar-refractivity contribution < 1.29 is 0 Å². The fourth-order valence-corrected chi connectivity index (χ4v) is 3.54. The van der Waals surface area contributed by atoms with Gasteiger partial charge in [0.05, 0.1) is 5.69 Å². The van der Waals surface area contributed by atoms with Crippen LogP contribution in [0.15, 0.2) is 5.38 Å². The van der Waals surface area contributed by atoms with Crippen molar-refractivity contribution in [1.82, 2.24) is 10.3 Å². The van der Waals surface area contributed by atoms with E-state index in [1.54, 1.807) is 11.3 Å². The Morgan fingerprint density at radius 3 is 2.80 bits per heavy atom. The van der Waals surface area contributed by atoms with Crippen LogP contribution >= 0.6 is 11.3 Å². The number of thiazole rings is 1. The molecule has 1 aromatic rings. The van der Waals surface area contributed by atoms with Crippen LogP contribution in [0.5, 0.6) is 0 Å². The maximum absolute atomic E-state index is 4.66. The third kappa shape index (κ3) is 1.66. The third-order valence-corrected chi connectivity index (χ3v) is 4.51. The van der Waals surface area contributed by atoms with Crippen molar-refractivity contribution in [2.45, 2.75) is 13.3 Å². The molecular weight excluding hydrogens is 206 g/mol. The molecule has 1 aromatic heterocycles. The number of aromatic nitrogens is 1. The first-order valence-corrected chi connectivity index (χ1v) is 6.65. The van der Waals surface area contributed by atoms with Crippen LogP contribution in [0.1, 0.15) is 12.6 Å². The van der Waals surface area contributed by atoms with E-state index < -0.39 is 0 Å². The van der Waals surface area contributed by atoms with Crippen molar-refractivity contribution in [3.05, 3.63) is 11.1 Å². The first-order chi connectivity index (χ1) is 7.36. The number of nitrogens with zero attached hydrogens (tertiary/aromatic N) is 2. The molecule has 0 saturated carbocycles. The number of aryl methyl sites for hydroxylation is 1. The van der Waals surface area contributed by atoms with E-state index in [1.165, 1.54) is 37.0 Å². The zero-order valence-electron chi connectivity index (χ0n) is 9.07. The van der Waals surface area contributed by atoms with Crippen molar-refractivity contribution in [3.8, 4) is 0 Å². The minimum atomic E-state index is 0.860. The van der Waals surface area contributed by atoms with Gasteiger partial charge in [-0.25, -0.2) is 4.98 Å². The predicted molar refractivity (Wildman–Crippen MR) is 63.6 cm³/mol. The van der Waals surface area contributed by atoms with Crippen LogP contribution in [0.3, 0.4) is 0 Å². The average Bonchev–Trinajstić information content (AvgIpc) is 2.91. The monoisotopic (exact) mass is 223 g/mol.